The summed E-state index contributed by atoms with van der Waals surface area (Å²) in [5.74, 6) is -0.214. The van der Waals surface area contributed by atoms with E-state index in [1.165, 1.54) is 12.1 Å². The van der Waals surface area contributed by atoms with Gasteiger partial charge in [0.25, 0.3) is 0 Å². The highest BCUT2D eigenvalue weighted by Gasteiger charge is 2.12. The number of halogens is 1. The lowest BCUT2D eigenvalue weighted by atomic mass is 10.0. The highest BCUT2D eigenvalue weighted by Crippen LogP contribution is 2.14. The van der Waals surface area contributed by atoms with E-state index < -0.39 is 5.60 Å². The summed E-state index contributed by atoms with van der Waals surface area (Å²) in [6, 6.07) is 6.66. The molecule has 0 heterocycles. The van der Waals surface area contributed by atoms with E-state index in [9.17, 15) is 9.50 Å². The predicted octanol–water partition coefficient (Wildman–Crippen LogP) is 2.64. The molecule has 0 unspecified atom stereocenters. The quantitative estimate of drug-likeness (QED) is 0.807. The SMILES string of the molecule is C[C@@H](NCCC(C)(C)O)c1cccc(F)c1. The highest BCUT2D eigenvalue weighted by molar-refractivity contribution is 5.19. The lowest BCUT2D eigenvalue weighted by Crippen LogP contribution is -2.28. The lowest BCUT2D eigenvalue weighted by molar-refractivity contribution is 0.0705. The first-order chi connectivity index (χ1) is 7.38. The number of hydrogen-bond donors (Lipinski definition) is 2. The molecule has 16 heavy (non-hydrogen) atoms. The second-order valence-electron chi connectivity index (χ2n) is 4.79. The first kappa shape index (κ1) is 13.1. The molecule has 0 saturated carbocycles. The second kappa shape index (κ2) is 5.41. The van der Waals surface area contributed by atoms with Crippen LogP contribution in [-0.2, 0) is 0 Å². The van der Waals surface area contributed by atoms with Crippen LogP contribution in [0.5, 0.6) is 0 Å². The van der Waals surface area contributed by atoms with Crippen LogP contribution in [0.1, 0.15) is 38.8 Å². The van der Waals surface area contributed by atoms with Gasteiger partial charge >= 0.3 is 0 Å². The molecule has 0 aromatic heterocycles. The van der Waals surface area contributed by atoms with Crippen LogP contribution >= 0.6 is 0 Å². The summed E-state index contributed by atoms with van der Waals surface area (Å²) in [5.41, 5.74) is 0.269. The van der Waals surface area contributed by atoms with Crippen molar-refractivity contribution >= 4 is 0 Å². The van der Waals surface area contributed by atoms with Gasteiger partial charge in [-0.15, -0.1) is 0 Å². The summed E-state index contributed by atoms with van der Waals surface area (Å²) in [6.45, 7) is 6.25. The van der Waals surface area contributed by atoms with E-state index in [1.54, 1.807) is 19.9 Å². The maximum absolute atomic E-state index is 13.0. The van der Waals surface area contributed by atoms with Crippen molar-refractivity contribution in [2.24, 2.45) is 0 Å². The van der Waals surface area contributed by atoms with E-state index in [1.807, 2.05) is 13.0 Å². The first-order valence-electron chi connectivity index (χ1n) is 5.60. The molecule has 1 aromatic carbocycles. The highest BCUT2D eigenvalue weighted by atomic mass is 19.1. The standard InChI is InChI=1S/C13H20FNO/c1-10(15-8-7-13(2,3)16)11-5-4-6-12(14)9-11/h4-6,9-10,15-16H,7-8H2,1-3H3/t10-/m1/s1. The van der Waals surface area contributed by atoms with Gasteiger partial charge in [-0.05, 0) is 51.4 Å². The lowest BCUT2D eigenvalue weighted by Gasteiger charge is -2.20. The van der Waals surface area contributed by atoms with Crippen molar-refractivity contribution in [3.05, 3.63) is 35.6 Å². The number of aliphatic hydroxyl groups is 1. The number of rotatable bonds is 5. The van der Waals surface area contributed by atoms with Gasteiger partial charge < -0.3 is 10.4 Å². The number of benzene rings is 1. The molecule has 2 nitrogen and oxygen atoms in total. The van der Waals surface area contributed by atoms with Crippen molar-refractivity contribution in [1.82, 2.24) is 5.32 Å². The first-order valence-corrected chi connectivity index (χ1v) is 5.60. The molecule has 0 saturated heterocycles. The molecule has 0 amide bonds. The van der Waals surface area contributed by atoms with Crippen LogP contribution < -0.4 is 5.32 Å². The van der Waals surface area contributed by atoms with Crippen LogP contribution in [0.2, 0.25) is 0 Å². The molecule has 0 aliphatic heterocycles. The molecule has 1 aromatic rings. The Morgan fingerprint density at radius 1 is 1.44 bits per heavy atom. The van der Waals surface area contributed by atoms with Crippen LogP contribution in [0.25, 0.3) is 0 Å². The summed E-state index contributed by atoms with van der Waals surface area (Å²) in [7, 11) is 0. The van der Waals surface area contributed by atoms with Gasteiger partial charge in [-0.25, -0.2) is 4.39 Å². The summed E-state index contributed by atoms with van der Waals surface area (Å²) >= 11 is 0. The van der Waals surface area contributed by atoms with Crippen molar-refractivity contribution < 1.29 is 9.50 Å². The van der Waals surface area contributed by atoms with Crippen LogP contribution in [0.3, 0.4) is 0 Å². The molecule has 0 radical (unpaired) electrons. The number of hydrogen-bond acceptors (Lipinski definition) is 2. The Hall–Kier alpha value is -0.930. The fraction of sp³-hybridized carbons (Fsp3) is 0.538. The summed E-state index contributed by atoms with van der Waals surface area (Å²) < 4.78 is 13.0. The maximum Gasteiger partial charge on any atom is 0.123 e. The fourth-order valence-corrected chi connectivity index (χ4v) is 1.49. The number of nitrogens with one attached hydrogen (secondary N) is 1. The van der Waals surface area contributed by atoms with Crippen molar-refractivity contribution in [2.75, 3.05) is 6.54 Å². The van der Waals surface area contributed by atoms with Crippen molar-refractivity contribution in [1.29, 1.82) is 0 Å². The zero-order chi connectivity index (χ0) is 12.2. The van der Waals surface area contributed by atoms with Gasteiger partial charge in [-0.1, -0.05) is 12.1 Å². The molecular weight excluding hydrogens is 205 g/mol. The normalized spacial score (nSPS) is 13.8. The zero-order valence-corrected chi connectivity index (χ0v) is 10.1. The molecular formula is C13H20FNO. The molecule has 0 bridgehead atoms. The zero-order valence-electron chi connectivity index (χ0n) is 10.1. The van der Waals surface area contributed by atoms with Gasteiger partial charge in [0.05, 0.1) is 5.60 Å². The smallest absolute Gasteiger partial charge is 0.123 e. The third kappa shape index (κ3) is 4.73. The molecule has 0 aliphatic rings. The van der Waals surface area contributed by atoms with Gasteiger partial charge in [-0.2, -0.15) is 0 Å². The Labute approximate surface area is 96.5 Å². The van der Waals surface area contributed by atoms with E-state index >= 15 is 0 Å². The Bertz CT molecular complexity index is 333. The van der Waals surface area contributed by atoms with Crippen molar-refractivity contribution in [3.63, 3.8) is 0 Å². The van der Waals surface area contributed by atoms with Gasteiger partial charge in [0.2, 0.25) is 0 Å². The van der Waals surface area contributed by atoms with E-state index in [0.717, 1.165) is 5.56 Å². The van der Waals surface area contributed by atoms with Crippen LogP contribution in [-0.4, -0.2) is 17.3 Å². The fourth-order valence-electron chi connectivity index (χ4n) is 1.49. The van der Waals surface area contributed by atoms with E-state index in [-0.39, 0.29) is 11.9 Å². The Morgan fingerprint density at radius 2 is 2.12 bits per heavy atom. The Kier molecular flexibility index (Phi) is 4.44. The average Bonchev–Trinajstić information content (AvgIpc) is 2.15. The summed E-state index contributed by atoms with van der Waals surface area (Å²) in [4.78, 5) is 0. The summed E-state index contributed by atoms with van der Waals surface area (Å²) in [5, 5.41) is 12.8. The Morgan fingerprint density at radius 3 is 2.69 bits per heavy atom. The minimum Gasteiger partial charge on any atom is -0.390 e. The average molecular weight is 225 g/mol. The van der Waals surface area contributed by atoms with Gasteiger partial charge in [0.1, 0.15) is 5.82 Å². The van der Waals surface area contributed by atoms with Crippen LogP contribution in [0.4, 0.5) is 4.39 Å². The molecule has 0 fully saturated rings. The molecule has 2 N–H and O–H groups in total. The minimum atomic E-state index is -0.658. The minimum absolute atomic E-state index is 0.0954. The molecule has 3 heteroatoms. The molecule has 0 aliphatic carbocycles. The van der Waals surface area contributed by atoms with Crippen LogP contribution in [0, 0.1) is 5.82 Å². The van der Waals surface area contributed by atoms with Gasteiger partial charge in [0, 0.05) is 6.04 Å². The monoisotopic (exact) mass is 225 g/mol. The van der Waals surface area contributed by atoms with Gasteiger partial charge in [-0.3, -0.25) is 0 Å². The molecule has 0 spiro atoms. The third-order valence-electron chi connectivity index (χ3n) is 2.54. The third-order valence-corrected chi connectivity index (χ3v) is 2.54. The summed E-state index contributed by atoms with van der Waals surface area (Å²) in [6.07, 6.45) is 0.673. The van der Waals surface area contributed by atoms with Gasteiger partial charge in [0.15, 0.2) is 0 Å². The van der Waals surface area contributed by atoms with Crippen LogP contribution in [0.15, 0.2) is 24.3 Å². The maximum atomic E-state index is 13.0. The second-order valence-corrected chi connectivity index (χ2v) is 4.79. The largest absolute Gasteiger partial charge is 0.390 e. The Balaban J connectivity index is 2.44. The topological polar surface area (TPSA) is 32.3 Å². The molecule has 1 rings (SSSR count). The predicted molar refractivity (Wildman–Crippen MR) is 63.7 cm³/mol. The van der Waals surface area contributed by atoms with E-state index in [0.29, 0.717) is 13.0 Å². The van der Waals surface area contributed by atoms with E-state index in [2.05, 4.69) is 5.32 Å². The molecule has 90 valence electrons. The van der Waals surface area contributed by atoms with E-state index in [4.69, 9.17) is 0 Å². The molecule has 1 atom stereocenters. The van der Waals surface area contributed by atoms with Crippen molar-refractivity contribution in [2.45, 2.75) is 38.8 Å². The van der Waals surface area contributed by atoms with Crippen molar-refractivity contribution in [3.8, 4) is 0 Å².